The Kier molecular flexibility index (Phi) is 4.07. The van der Waals surface area contributed by atoms with Crippen LogP contribution in [0.1, 0.15) is 44.6 Å². The highest BCUT2D eigenvalue weighted by molar-refractivity contribution is 5.97. The van der Waals surface area contributed by atoms with Crippen LogP contribution in [0.5, 0.6) is 0 Å². The van der Waals surface area contributed by atoms with Crippen LogP contribution >= 0.6 is 0 Å². The standard InChI is InChI=1S/C20H26N2O2/c1-14-19(23)22-17-11-5-10-16(17)13-18(22)20(24)21(14)12-6-9-15-7-3-2-4-8-15/h2-4,7-8,14,16-18H,5-6,9-13H2,1H3/t14-,16-,17?,18+/m0/s1. The van der Waals surface area contributed by atoms with Crippen LogP contribution in [0.2, 0.25) is 0 Å². The van der Waals surface area contributed by atoms with E-state index < -0.39 is 0 Å². The average molecular weight is 326 g/mol. The van der Waals surface area contributed by atoms with Crippen molar-refractivity contribution >= 4 is 11.8 Å². The first kappa shape index (κ1) is 15.7. The SMILES string of the molecule is C[C@H]1C(=O)N2C3CCC[C@H]3C[C@@H]2C(=O)N1CCCc1ccccc1. The monoisotopic (exact) mass is 326 g/mol. The minimum Gasteiger partial charge on any atom is -0.329 e. The number of hydrogen-bond acceptors (Lipinski definition) is 2. The molecule has 0 spiro atoms. The van der Waals surface area contributed by atoms with Crippen LogP contribution in [0.15, 0.2) is 30.3 Å². The number of aryl methyl sites for hydroxylation is 1. The fourth-order valence-electron chi connectivity index (χ4n) is 4.96. The Labute approximate surface area is 143 Å². The van der Waals surface area contributed by atoms with Gasteiger partial charge in [0.2, 0.25) is 11.8 Å². The molecule has 1 aromatic rings. The third-order valence-electron chi connectivity index (χ3n) is 6.19. The van der Waals surface area contributed by atoms with Gasteiger partial charge in [0.15, 0.2) is 0 Å². The van der Waals surface area contributed by atoms with E-state index >= 15 is 0 Å². The highest BCUT2D eigenvalue weighted by Gasteiger charge is 2.54. The van der Waals surface area contributed by atoms with Crippen LogP contribution in [0.4, 0.5) is 0 Å². The predicted molar refractivity (Wildman–Crippen MR) is 92.3 cm³/mol. The maximum absolute atomic E-state index is 13.0. The summed E-state index contributed by atoms with van der Waals surface area (Å²) in [5, 5.41) is 0. The van der Waals surface area contributed by atoms with Gasteiger partial charge in [0, 0.05) is 12.6 Å². The maximum Gasteiger partial charge on any atom is 0.246 e. The normalized spacial score (nSPS) is 32.2. The molecule has 4 atom stereocenters. The fourth-order valence-corrected chi connectivity index (χ4v) is 4.96. The molecule has 2 aliphatic heterocycles. The molecule has 4 heteroatoms. The molecular weight excluding hydrogens is 300 g/mol. The van der Waals surface area contributed by atoms with Crippen LogP contribution < -0.4 is 0 Å². The third-order valence-corrected chi connectivity index (χ3v) is 6.19. The van der Waals surface area contributed by atoms with E-state index in [1.54, 1.807) is 0 Å². The van der Waals surface area contributed by atoms with E-state index in [-0.39, 0.29) is 23.9 Å². The lowest BCUT2D eigenvalue weighted by Gasteiger charge is -2.43. The lowest BCUT2D eigenvalue weighted by molar-refractivity contribution is -0.160. The Morgan fingerprint density at radius 3 is 2.67 bits per heavy atom. The third kappa shape index (κ3) is 2.52. The molecule has 2 saturated heterocycles. The van der Waals surface area contributed by atoms with Gasteiger partial charge in [-0.15, -0.1) is 0 Å². The molecule has 128 valence electrons. The smallest absolute Gasteiger partial charge is 0.246 e. The number of nitrogens with zero attached hydrogens (tertiary/aromatic N) is 2. The zero-order chi connectivity index (χ0) is 16.7. The highest BCUT2D eigenvalue weighted by Crippen LogP contribution is 2.43. The molecule has 1 saturated carbocycles. The highest BCUT2D eigenvalue weighted by atomic mass is 16.2. The van der Waals surface area contributed by atoms with Crippen molar-refractivity contribution in [1.29, 1.82) is 0 Å². The summed E-state index contributed by atoms with van der Waals surface area (Å²) in [5.41, 5.74) is 1.29. The van der Waals surface area contributed by atoms with Gasteiger partial charge in [-0.05, 0) is 50.5 Å². The second-order valence-corrected chi connectivity index (χ2v) is 7.55. The van der Waals surface area contributed by atoms with Crippen molar-refractivity contribution in [2.24, 2.45) is 5.92 Å². The van der Waals surface area contributed by atoms with Crippen LogP contribution in [-0.2, 0) is 16.0 Å². The number of benzene rings is 1. The van der Waals surface area contributed by atoms with Crippen molar-refractivity contribution in [3.63, 3.8) is 0 Å². The molecule has 24 heavy (non-hydrogen) atoms. The van der Waals surface area contributed by atoms with Gasteiger partial charge < -0.3 is 9.80 Å². The molecule has 4 rings (SSSR count). The van der Waals surface area contributed by atoms with Gasteiger partial charge in [-0.1, -0.05) is 36.8 Å². The van der Waals surface area contributed by atoms with Gasteiger partial charge in [0.1, 0.15) is 12.1 Å². The minimum absolute atomic E-state index is 0.175. The Balaban J connectivity index is 1.43. The maximum atomic E-state index is 13.0. The topological polar surface area (TPSA) is 40.6 Å². The Hall–Kier alpha value is -1.84. The van der Waals surface area contributed by atoms with Crippen LogP contribution in [0.3, 0.4) is 0 Å². The molecule has 4 nitrogen and oxygen atoms in total. The van der Waals surface area contributed by atoms with Gasteiger partial charge in [-0.3, -0.25) is 9.59 Å². The first-order valence-electron chi connectivity index (χ1n) is 9.33. The minimum atomic E-state index is -0.302. The van der Waals surface area contributed by atoms with Crippen molar-refractivity contribution in [3.8, 4) is 0 Å². The number of carbonyl (C=O) groups excluding carboxylic acids is 2. The van der Waals surface area contributed by atoms with Crippen LogP contribution in [0.25, 0.3) is 0 Å². The molecule has 0 radical (unpaired) electrons. The van der Waals surface area contributed by atoms with Gasteiger partial charge in [0.25, 0.3) is 0 Å². The summed E-state index contributed by atoms with van der Waals surface area (Å²) in [4.78, 5) is 29.6. The number of rotatable bonds is 4. The molecule has 1 unspecified atom stereocenters. The van der Waals surface area contributed by atoms with Gasteiger partial charge in [0.05, 0.1) is 0 Å². The van der Waals surface area contributed by atoms with Gasteiger partial charge in [-0.2, -0.15) is 0 Å². The Bertz CT molecular complexity index is 630. The number of amides is 2. The Morgan fingerprint density at radius 2 is 1.88 bits per heavy atom. The average Bonchev–Trinajstić information content (AvgIpc) is 3.18. The summed E-state index contributed by atoms with van der Waals surface area (Å²) in [6, 6.07) is 10.2. The lowest BCUT2D eigenvalue weighted by Crippen LogP contribution is -2.63. The van der Waals surface area contributed by atoms with Gasteiger partial charge >= 0.3 is 0 Å². The molecular formula is C20H26N2O2. The molecule has 0 N–H and O–H groups in total. The molecule has 2 amide bonds. The summed E-state index contributed by atoms with van der Waals surface area (Å²) >= 11 is 0. The quantitative estimate of drug-likeness (QED) is 0.853. The van der Waals surface area contributed by atoms with E-state index in [2.05, 4.69) is 12.1 Å². The summed E-state index contributed by atoms with van der Waals surface area (Å²) in [6.45, 7) is 2.58. The molecule has 1 aliphatic carbocycles. The number of piperazine rings is 1. The number of carbonyl (C=O) groups is 2. The zero-order valence-corrected chi connectivity index (χ0v) is 14.4. The summed E-state index contributed by atoms with van der Waals surface area (Å²) < 4.78 is 0. The second-order valence-electron chi connectivity index (χ2n) is 7.55. The largest absolute Gasteiger partial charge is 0.329 e. The number of hydrogen-bond donors (Lipinski definition) is 0. The van der Waals surface area contributed by atoms with Crippen molar-refractivity contribution in [1.82, 2.24) is 9.80 Å². The molecule has 0 aromatic heterocycles. The van der Waals surface area contributed by atoms with Gasteiger partial charge in [-0.25, -0.2) is 0 Å². The zero-order valence-electron chi connectivity index (χ0n) is 14.4. The van der Waals surface area contributed by atoms with E-state index in [4.69, 9.17) is 0 Å². The Morgan fingerprint density at radius 1 is 1.08 bits per heavy atom. The molecule has 3 aliphatic rings. The molecule has 0 bridgehead atoms. The molecule has 3 fully saturated rings. The first-order valence-corrected chi connectivity index (χ1v) is 9.33. The van der Waals surface area contributed by atoms with E-state index in [0.717, 1.165) is 25.7 Å². The summed E-state index contributed by atoms with van der Waals surface area (Å²) in [6.07, 6.45) is 6.21. The first-order chi connectivity index (χ1) is 11.7. The van der Waals surface area contributed by atoms with Crippen molar-refractivity contribution in [3.05, 3.63) is 35.9 Å². The van der Waals surface area contributed by atoms with Crippen LogP contribution in [-0.4, -0.2) is 46.3 Å². The molecule has 1 aromatic carbocycles. The van der Waals surface area contributed by atoms with Crippen molar-refractivity contribution < 1.29 is 9.59 Å². The van der Waals surface area contributed by atoms with Crippen molar-refractivity contribution in [2.45, 2.75) is 63.6 Å². The molecule has 2 heterocycles. The fraction of sp³-hybridized carbons (Fsp3) is 0.600. The van der Waals surface area contributed by atoms with E-state index in [0.29, 0.717) is 18.5 Å². The van der Waals surface area contributed by atoms with Crippen LogP contribution in [0, 0.1) is 5.92 Å². The second kappa shape index (κ2) is 6.23. The van der Waals surface area contributed by atoms with Crippen molar-refractivity contribution in [2.75, 3.05) is 6.54 Å². The summed E-state index contributed by atoms with van der Waals surface area (Å²) in [7, 11) is 0. The lowest BCUT2D eigenvalue weighted by atomic mass is 10.0. The van der Waals surface area contributed by atoms with E-state index in [1.165, 1.54) is 18.4 Å². The van der Waals surface area contributed by atoms with E-state index in [9.17, 15) is 9.59 Å². The predicted octanol–water partition coefficient (Wildman–Crippen LogP) is 2.62. The number of fused-ring (bicyclic) bond motifs is 3. The van der Waals surface area contributed by atoms with E-state index in [1.807, 2.05) is 34.9 Å². The summed E-state index contributed by atoms with van der Waals surface area (Å²) in [5.74, 6) is 0.914.